The number of fused-ring (bicyclic) bond motifs is 2. The molecule has 1 aliphatic rings. The van der Waals surface area contributed by atoms with Crippen LogP contribution in [0.4, 0.5) is 0 Å². The second-order valence-corrected chi connectivity index (χ2v) is 8.31. The molecular weight excluding hydrogens is 412 g/mol. The van der Waals surface area contributed by atoms with Crippen LogP contribution in [0.1, 0.15) is 33.3 Å². The Kier molecular flexibility index (Phi) is 5.73. The Balaban J connectivity index is 1.80. The topological polar surface area (TPSA) is 95.7 Å². The molecule has 0 spiro atoms. The number of ether oxygens (including phenoxy) is 2. The van der Waals surface area contributed by atoms with Crippen molar-refractivity contribution in [3.05, 3.63) is 62.9 Å². The molecule has 0 atom stereocenters. The summed E-state index contributed by atoms with van der Waals surface area (Å²) in [7, 11) is 0. The highest BCUT2D eigenvalue weighted by atomic mass is 16.7. The summed E-state index contributed by atoms with van der Waals surface area (Å²) in [4.78, 5) is 45.6. The lowest BCUT2D eigenvalue weighted by atomic mass is 10.2. The summed E-state index contributed by atoms with van der Waals surface area (Å²) in [5.41, 5.74) is 0.115. The summed E-state index contributed by atoms with van der Waals surface area (Å²) >= 11 is 0. The highest BCUT2D eigenvalue weighted by Gasteiger charge is 2.23. The smallest absolute Gasteiger partial charge is 0.332 e. The first-order chi connectivity index (χ1) is 15.3. The quantitative estimate of drug-likeness (QED) is 0.584. The van der Waals surface area contributed by atoms with Crippen LogP contribution >= 0.6 is 0 Å². The van der Waals surface area contributed by atoms with Crippen LogP contribution in [0.15, 0.2) is 46.1 Å². The Labute approximate surface area is 184 Å². The molecule has 4 rings (SSSR count). The minimum Gasteiger partial charge on any atom is -0.454 e. The van der Waals surface area contributed by atoms with Crippen LogP contribution in [0, 0.1) is 0 Å². The number of benzene rings is 1. The molecule has 168 valence electrons. The van der Waals surface area contributed by atoms with E-state index in [0.717, 1.165) is 4.57 Å². The van der Waals surface area contributed by atoms with Gasteiger partial charge in [-0.3, -0.25) is 18.7 Å². The van der Waals surface area contributed by atoms with Crippen molar-refractivity contribution < 1.29 is 14.3 Å². The van der Waals surface area contributed by atoms with E-state index in [1.54, 1.807) is 35.2 Å². The van der Waals surface area contributed by atoms with E-state index in [9.17, 15) is 14.4 Å². The number of pyridine rings is 1. The summed E-state index contributed by atoms with van der Waals surface area (Å²) in [6, 6.07) is 8.49. The second-order valence-electron chi connectivity index (χ2n) is 8.31. The lowest BCUT2D eigenvalue weighted by Crippen LogP contribution is -2.47. The number of nitrogens with zero attached hydrogens (tertiary/aromatic N) is 4. The van der Waals surface area contributed by atoms with Crippen molar-refractivity contribution in [1.29, 1.82) is 0 Å². The Morgan fingerprint density at radius 3 is 2.50 bits per heavy atom. The van der Waals surface area contributed by atoms with Gasteiger partial charge in [-0.15, -0.1) is 0 Å². The van der Waals surface area contributed by atoms with E-state index in [1.165, 1.54) is 10.8 Å². The standard InChI is InChI=1S/C23H26N4O5/c1-14(2)27(15(3)4)20(28)12-25-17-6-5-9-24-21(17)22(29)26(23(25)30)11-16-7-8-18-19(10-16)32-13-31-18/h5-10,14-15H,11-13H2,1-4H3. The molecule has 32 heavy (non-hydrogen) atoms. The van der Waals surface area contributed by atoms with Crippen molar-refractivity contribution in [2.75, 3.05) is 6.79 Å². The number of hydrogen-bond donors (Lipinski definition) is 0. The van der Waals surface area contributed by atoms with Crippen molar-refractivity contribution in [3.8, 4) is 11.5 Å². The van der Waals surface area contributed by atoms with Crippen LogP contribution in [0.25, 0.3) is 11.0 Å². The van der Waals surface area contributed by atoms with E-state index in [-0.39, 0.29) is 43.4 Å². The summed E-state index contributed by atoms with van der Waals surface area (Å²) in [5.74, 6) is 0.983. The summed E-state index contributed by atoms with van der Waals surface area (Å²) < 4.78 is 13.2. The van der Waals surface area contributed by atoms with Crippen LogP contribution in [-0.2, 0) is 17.9 Å². The van der Waals surface area contributed by atoms with Gasteiger partial charge in [-0.25, -0.2) is 9.78 Å². The molecule has 3 heterocycles. The fourth-order valence-electron chi connectivity index (χ4n) is 4.15. The number of amides is 1. The van der Waals surface area contributed by atoms with Gasteiger partial charge in [0.05, 0.1) is 12.1 Å². The fourth-order valence-corrected chi connectivity index (χ4v) is 4.15. The van der Waals surface area contributed by atoms with Crippen molar-refractivity contribution in [1.82, 2.24) is 19.0 Å². The monoisotopic (exact) mass is 438 g/mol. The minimum absolute atomic E-state index is 0.0209. The molecule has 0 fully saturated rings. The van der Waals surface area contributed by atoms with Gasteiger partial charge >= 0.3 is 5.69 Å². The highest BCUT2D eigenvalue weighted by molar-refractivity contribution is 5.80. The van der Waals surface area contributed by atoms with E-state index in [1.807, 2.05) is 27.7 Å². The summed E-state index contributed by atoms with van der Waals surface area (Å²) in [6.45, 7) is 7.70. The Hall–Kier alpha value is -3.62. The Morgan fingerprint density at radius 2 is 1.78 bits per heavy atom. The van der Waals surface area contributed by atoms with Gasteiger partial charge < -0.3 is 14.4 Å². The van der Waals surface area contributed by atoms with E-state index in [2.05, 4.69) is 4.98 Å². The van der Waals surface area contributed by atoms with Gasteiger partial charge in [0, 0.05) is 18.3 Å². The number of hydrogen-bond acceptors (Lipinski definition) is 6. The molecule has 9 heteroatoms. The predicted octanol–water partition coefficient (Wildman–Crippen LogP) is 1.98. The molecule has 0 N–H and O–H groups in total. The number of aromatic nitrogens is 3. The third-order valence-corrected chi connectivity index (χ3v) is 5.46. The molecule has 0 saturated carbocycles. The average molecular weight is 438 g/mol. The molecule has 0 bridgehead atoms. The first kappa shape index (κ1) is 21.6. The maximum Gasteiger partial charge on any atom is 0.332 e. The maximum atomic E-state index is 13.4. The van der Waals surface area contributed by atoms with Gasteiger partial charge in [-0.1, -0.05) is 6.07 Å². The number of carbonyl (C=O) groups is 1. The zero-order chi connectivity index (χ0) is 23.0. The van der Waals surface area contributed by atoms with Gasteiger partial charge in [0.2, 0.25) is 12.7 Å². The molecule has 9 nitrogen and oxygen atoms in total. The van der Waals surface area contributed by atoms with E-state index in [0.29, 0.717) is 22.6 Å². The molecule has 0 aliphatic carbocycles. The summed E-state index contributed by atoms with van der Waals surface area (Å²) in [5, 5.41) is 0. The van der Waals surface area contributed by atoms with Gasteiger partial charge in [-0.05, 0) is 57.5 Å². The third-order valence-electron chi connectivity index (χ3n) is 5.46. The zero-order valence-corrected chi connectivity index (χ0v) is 18.6. The van der Waals surface area contributed by atoms with Gasteiger partial charge in [0.1, 0.15) is 6.54 Å². The average Bonchev–Trinajstić information content (AvgIpc) is 3.21. The van der Waals surface area contributed by atoms with Gasteiger partial charge in [-0.2, -0.15) is 0 Å². The molecular formula is C23H26N4O5. The van der Waals surface area contributed by atoms with Crippen molar-refractivity contribution in [2.45, 2.75) is 52.9 Å². The Bertz CT molecular complexity index is 1280. The first-order valence-corrected chi connectivity index (χ1v) is 10.6. The molecule has 1 aromatic carbocycles. The van der Waals surface area contributed by atoms with E-state index < -0.39 is 11.2 Å². The van der Waals surface area contributed by atoms with E-state index >= 15 is 0 Å². The van der Waals surface area contributed by atoms with Crippen LogP contribution < -0.4 is 20.7 Å². The zero-order valence-electron chi connectivity index (χ0n) is 18.6. The second kappa shape index (κ2) is 8.49. The highest BCUT2D eigenvalue weighted by Crippen LogP contribution is 2.32. The van der Waals surface area contributed by atoms with Crippen molar-refractivity contribution in [2.24, 2.45) is 0 Å². The normalized spacial score (nSPS) is 12.7. The third kappa shape index (κ3) is 3.86. The van der Waals surface area contributed by atoms with Crippen molar-refractivity contribution in [3.63, 3.8) is 0 Å². The SMILES string of the molecule is CC(C)N(C(=O)Cn1c(=O)n(Cc2ccc3c(c2)OCO3)c(=O)c2ncccc21)C(C)C. The first-order valence-electron chi connectivity index (χ1n) is 10.6. The van der Waals surface area contributed by atoms with Crippen LogP contribution in [0.5, 0.6) is 11.5 Å². The molecule has 0 unspecified atom stereocenters. The lowest BCUT2D eigenvalue weighted by molar-refractivity contribution is -0.135. The van der Waals surface area contributed by atoms with E-state index in [4.69, 9.17) is 9.47 Å². The molecule has 1 aliphatic heterocycles. The molecule has 1 amide bonds. The van der Waals surface area contributed by atoms with Gasteiger partial charge in [0.25, 0.3) is 5.56 Å². The summed E-state index contributed by atoms with van der Waals surface area (Å²) in [6.07, 6.45) is 1.50. The molecule has 3 aromatic rings. The molecule has 0 saturated heterocycles. The molecule has 0 radical (unpaired) electrons. The number of rotatable bonds is 6. The van der Waals surface area contributed by atoms with Crippen LogP contribution in [-0.4, -0.2) is 43.8 Å². The van der Waals surface area contributed by atoms with Crippen LogP contribution in [0.2, 0.25) is 0 Å². The largest absolute Gasteiger partial charge is 0.454 e. The molecule has 2 aromatic heterocycles. The fraction of sp³-hybridized carbons (Fsp3) is 0.391. The predicted molar refractivity (Wildman–Crippen MR) is 119 cm³/mol. The lowest BCUT2D eigenvalue weighted by Gasteiger charge is -2.31. The van der Waals surface area contributed by atoms with Gasteiger partial charge in [0.15, 0.2) is 17.0 Å². The minimum atomic E-state index is -0.561. The maximum absolute atomic E-state index is 13.4. The number of carbonyl (C=O) groups excluding carboxylic acids is 1. The van der Waals surface area contributed by atoms with Crippen molar-refractivity contribution >= 4 is 16.9 Å². The Morgan fingerprint density at radius 1 is 1.06 bits per heavy atom. The van der Waals surface area contributed by atoms with Crippen LogP contribution in [0.3, 0.4) is 0 Å².